The molecule has 3 nitrogen and oxygen atoms in total. The summed E-state index contributed by atoms with van der Waals surface area (Å²) in [4.78, 5) is 12.3. The number of halogens is 1. The van der Waals surface area contributed by atoms with Gasteiger partial charge in [-0.25, -0.2) is 0 Å². The van der Waals surface area contributed by atoms with Crippen LogP contribution in [0.3, 0.4) is 0 Å². The molecule has 0 saturated heterocycles. The first-order valence-corrected chi connectivity index (χ1v) is 8.04. The Morgan fingerprint density at radius 1 is 1.13 bits per heavy atom. The second-order valence-electron chi connectivity index (χ2n) is 5.81. The molecule has 2 rings (SSSR count). The van der Waals surface area contributed by atoms with Crippen molar-refractivity contribution >= 4 is 17.5 Å². The number of nitrogens with one attached hydrogen (secondary N) is 1. The fourth-order valence-electron chi connectivity index (χ4n) is 2.43. The molecule has 2 aromatic rings. The molecule has 1 N–H and O–H groups in total. The fraction of sp³-hybridized carbons (Fsp3) is 0.316. The average molecular weight is 332 g/mol. The Bertz CT molecular complexity index is 700. The van der Waals surface area contributed by atoms with Crippen LogP contribution in [0.4, 0.5) is 0 Å². The number of hydrogen-bond donors (Lipinski definition) is 1. The Labute approximate surface area is 142 Å². The van der Waals surface area contributed by atoms with E-state index in [2.05, 4.69) is 23.5 Å². The van der Waals surface area contributed by atoms with Gasteiger partial charge in [0, 0.05) is 5.02 Å². The molecular formula is C19H22ClNO2. The summed E-state index contributed by atoms with van der Waals surface area (Å²) in [5.41, 5.74) is 3.45. The molecule has 0 fully saturated rings. The molecule has 4 heteroatoms. The van der Waals surface area contributed by atoms with Gasteiger partial charge in [-0.2, -0.15) is 0 Å². The Kier molecular flexibility index (Phi) is 5.67. The summed E-state index contributed by atoms with van der Waals surface area (Å²) in [6.45, 7) is 7.80. The smallest absolute Gasteiger partial charge is 0.261 e. The molecule has 0 aliphatic carbocycles. The number of aryl methyl sites for hydroxylation is 2. The van der Waals surface area contributed by atoms with E-state index >= 15 is 0 Å². The van der Waals surface area contributed by atoms with Gasteiger partial charge in [0.25, 0.3) is 5.91 Å². The zero-order valence-corrected chi connectivity index (χ0v) is 14.6. The summed E-state index contributed by atoms with van der Waals surface area (Å²) in [7, 11) is 0. The van der Waals surface area contributed by atoms with Gasteiger partial charge < -0.3 is 10.1 Å². The molecule has 23 heavy (non-hydrogen) atoms. The second kappa shape index (κ2) is 7.51. The van der Waals surface area contributed by atoms with Gasteiger partial charge in [0.15, 0.2) is 6.10 Å². The molecule has 0 spiro atoms. The molecule has 0 radical (unpaired) electrons. The predicted molar refractivity (Wildman–Crippen MR) is 94.0 cm³/mol. The number of carbonyl (C=O) groups is 1. The van der Waals surface area contributed by atoms with Crippen LogP contribution in [0, 0.1) is 13.8 Å². The van der Waals surface area contributed by atoms with E-state index in [9.17, 15) is 4.79 Å². The maximum absolute atomic E-state index is 12.3. The Hall–Kier alpha value is -2.00. The lowest BCUT2D eigenvalue weighted by Crippen LogP contribution is -2.38. The standard InChI is InChI=1S/C19H22ClNO2/c1-12-8-9-13(2)18(10-12)14(3)21-19(22)15(4)23-17-7-5-6-16(20)11-17/h5-11,14-15H,1-4H3,(H,21,22)/t14-,15-/m0/s1. The summed E-state index contributed by atoms with van der Waals surface area (Å²) in [5.74, 6) is 0.429. The van der Waals surface area contributed by atoms with Crippen molar-refractivity contribution in [1.29, 1.82) is 0 Å². The van der Waals surface area contributed by atoms with E-state index in [-0.39, 0.29) is 11.9 Å². The van der Waals surface area contributed by atoms with Crippen LogP contribution in [0.2, 0.25) is 5.02 Å². The monoisotopic (exact) mass is 331 g/mol. The fourth-order valence-corrected chi connectivity index (χ4v) is 2.61. The third-order valence-electron chi connectivity index (χ3n) is 3.74. The van der Waals surface area contributed by atoms with Gasteiger partial charge in [-0.15, -0.1) is 0 Å². The van der Waals surface area contributed by atoms with E-state index < -0.39 is 6.10 Å². The zero-order valence-electron chi connectivity index (χ0n) is 13.9. The highest BCUT2D eigenvalue weighted by Gasteiger charge is 2.18. The largest absolute Gasteiger partial charge is 0.481 e. The van der Waals surface area contributed by atoms with E-state index in [4.69, 9.17) is 16.3 Å². The number of benzene rings is 2. The lowest BCUT2D eigenvalue weighted by molar-refractivity contribution is -0.127. The van der Waals surface area contributed by atoms with Crippen molar-refractivity contribution in [2.75, 3.05) is 0 Å². The lowest BCUT2D eigenvalue weighted by Gasteiger charge is -2.20. The van der Waals surface area contributed by atoms with Crippen LogP contribution in [-0.2, 0) is 4.79 Å². The summed E-state index contributed by atoms with van der Waals surface area (Å²) in [6.07, 6.45) is -0.596. The molecular weight excluding hydrogens is 310 g/mol. The van der Waals surface area contributed by atoms with Gasteiger partial charge in [0.2, 0.25) is 0 Å². The minimum absolute atomic E-state index is 0.0761. The van der Waals surface area contributed by atoms with Gasteiger partial charge in [0.05, 0.1) is 6.04 Å². The first-order chi connectivity index (χ1) is 10.9. The van der Waals surface area contributed by atoms with Crippen molar-refractivity contribution in [2.24, 2.45) is 0 Å². The maximum atomic E-state index is 12.3. The van der Waals surface area contributed by atoms with Crippen molar-refractivity contribution in [3.8, 4) is 5.75 Å². The first kappa shape index (κ1) is 17.4. The molecule has 0 bridgehead atoms. The van der Waals surface area contributed by atoms with Crippen molar-refractivity contribution in [2.45, 2.75) is 39.8 Å². The molecule has 0 unspecified atom stereocenters. The molecule has 0 heterocycles. The summed E-state index contributed by atoms with van der Waals surface area (Å²) < 4.78 is 5.65. The normalized spacial score (nSPS) is 13.3. The minimum Gasteiger partial charge on any atom is -0.481 e. The van der Waals surface area contributed by atoms with Crippen LogP contribution in [-0.4, -0.2) is 12.0 Å². The molecule has 2 atom stereocenters. The van der Waals surface area contributed by atoms with Crippen LogP contribution < -0.4 is 10.1 Å². The second-order valence-corrected chi connectivity index (χ2v) is 6.24. The Morgan fingerprint density at radius 2 is 1.87 bits per heavy atom. The number of ether oxygens (including phenoxy) is 1. The van der Waals surface area contributed by atoms with Gasteiger partial charge >= 0.3 is 0 Å². The number of amides is 1. The van der Waals surface area contributed by atoms with Crippen molar-refractivity contribution in [3.05, 3.63) is 64.2 Å². The summed E-state index contributed by atoms with van der Waals surface area (Å²) >= 11 is 5.92. The van der Waals surface area contributed by atoms with Crippen molar-refractivity contribution in [3.63, 3.8) is 0 Å². The summed E-state index contributed by atoms with van der Waals surface area (Å²) in [6, 6.07) is 13.2. The van der Waals surface area contributed by atoms with E-state index in [1.165, 1.54) is 5.56 Å². The quantitative estimate of drug-likeness (QED) is 0.869. The van der Waals surface area contributed by atoms with Crippen LogP contribution >= 0.6 is 11.6 Å². The summed E-state index contributed by atoms with van der Waals surface area (Å²) in [5, 5.41) is 3.58. The molecule has 0 saturated carbocycles. The Morgan fingerprint density at radius 3 is 2.57 bits per heavy atom. The Balaban J connectivity index is 2.01. The van der Waals surface area contributed by atoms with Gasteiger partial charge in [0.1, 0.15) is 5.75 Å². The first-order valence-electron chi connectivity index (χ1n) is 7.66. The third-order valence-corrected chi connectivity index (χ3v) is 3.97. The average Bonchev–Trinajstić information content (AvgIpc) is 2.49. The van der Waals surface area contributed by atoms with E-state index in [0.29, 0.717) is 10.8 Å². The van der Waals surface area contributed by atoms with Gasteiger partial charge in [-0.3, -0.25) is 4.79 Å². The van der Waals surface area contributed by atoms with Gasteiger partial charge in [-0.1, -0.05) is 41.4 Å². The highest BCUT2D eigenvalue weighted by atomic mass is 35.5. The number of carbonyl (C=O) groups excluding carboxylic acids is 1. The van der Waals surface area contributed by atoms with Crippen molar-refractivity contribution in [1.82, 2.24) is 5.32 Å². The molecule has 2 aromatic carbocycles. The minimum atomic E-state index is -0.596. The van der Waals surface area contributed by atoms with E-state index in [1.54, 1.807) is 31.2 Å². The van der Waals surface area contributed by atoms with Crippen LogP contribution in [0.25, 0.3) is 0 Å². The SMILES string of the molecule is Cc1ccc(C)c([C@H](C)NC(=O)[C@H](C)Oc2cccc(Cl)c2)c1. The zero-order chi connectivity index (χ0) is 17.0. The van der Waals surface area contributed by atoms with Gasteiger partial charge in [-0.05, 0) is 57.0 Å². The predicted octanol–water partition coefficient (Wildman–Crippen LogP) is 4.60. The molecule has 0 aromatic heterocycles. The number of hydrogen-bond acceptors (Lipinski definition) is 2. The van der Waals surface area contributed by atoms with Crippen LogP contribution in [0.1, 0.15) is 36.6 Å². The van der Waals surface area contributed by atoms with Crippen LogP contribution in [0.5, 0.6) is 5.75 Å². The maximum Gasteiger partial charge on any atom is 0.261 e. The van der Waals surface area contributed by atoms with E-state index in [1.807, 2.05) is 20.8 Å². The topological polar surface area (TPSA) is 38.3 Å². The molecule has 122 valence electrons. The van der Waals surface area contributed by atoms with E-state index in [0.717, 1.165) is 11.1 Å². The molecule has 0 aliphatic rings. The molecule has 0 aliphatic heterocycles. The third kappa shape index (κ3) is 4.73. The molecule has 1 amide bonds. The highest BCUT2D eigenvalue weighted by molar-refractivity contribution is 6.30. The highest BCUT2D eigenvalue weighted by Crippen LogP contribution is 2.20. The van der Waals surface area contributed by atoms with Crippen molar-refractivity contribution < 1.29 is 9.53 Å². The van der Waals surface area contributed by atoms with Crippen LogP contribution in [0.15, 0.2) is 42.5 Å². The lowest BCUT2D eigenvalue weighted by atomic mass is 10.00. The number of rotatable bonds is 5.